The van der Waals surface area contributed by atoms with Crippen molar-refractivity contribution >= 4 is 28.9 Å². The summed E-state index contributed by atoms with van der Waals surface area (Å²) in [6.07, 6.45) is 1.40. The van der Waals surface area contributed by atoms with Crippen molar-refractivity contribution in [3.05, 3.63) is 52.8 Å². The van der Waals surface area contributed by atoms with Gasteiger partial charge in [0, 0.05) is 5.69 Å². The maximum absolute atomic E-state index is 11.9. The summed E-state index contributed by atoms with van der Waals surface area (Å²) >= 11 is 5.81. The summed E-state index contributed by atoms with van der Waals surface area (Å²) in [5, 5.41) is 11.8. The second-order valence-electron chi connectivity index (χ2n) is 3.74. The fourth-order valence-corrected chi connectivity index (χ4v) is 1.58. The molecule has 0 aliphatic heterocycles. The standard InChI is InChI=1S/C13H9ClN4O/c14-11-3-2-10(5-8(11)6-15)18-13(19)12-4-1-9(16)7-17-12/h1-5,7H,16H2,(H,18,19). The summed E-state index contributed by atoms with van der Waals surface area (Å²) in [5.41, 5.74) is 6.98. The molecule has 0 aliphatic carbocycles. The Morgan fingerprint density at radius 3 is 2.79 bits per heavy atom. The van der Waals surface area contributed by atoms with E-state index in [0.717, 1.165) is 0 Å². The molecule has 0 saturated heterocycles. The minimum atomic E-state index is -0.383. The van der Waals surface area contributed by atoms with Crippen LogP contribution in [0, 0.1) is 11.3 Å². The molecule has 2 rings (SSSR count). The number of aromatic nitrogens is 1. The summed E-state index contributed by atoms with van der Waals surface area (Å²) in [5.74, 6) is -0.383. The van der Waals surface area contributed by atoms with Gasteiger partial charge in [-0.2, -0.15) is 5.26 Å². The van der Waals surface area contributed by atoms with Gasteiger partial charge in [-0.05, 0) is 30.3 Å². The average molecular weight is 273 g/mol. The Morgan fingerprint density at radius 2 is 2.16 bits per heavy atom. The molecule has 0 saturated carbocycles. The predicted octanol–water partition coefficient (Wildman–Crippen LogP) is 2.44. The highest BCUT2D eigenvalue weighted by molar-refractivity contribution is 6.31. The Kier molecular flexibility index (Phi) is 3.64. The van der Waals surface area contributed by atoms with Crippen molar-refractivity contribution in [2.45, 2.75) is 0 Å². The minimum absolute atomic E-state index is 0.239. The van der Waals surface area contributed by atoms with Crippen LogP contribution in [0.5, 0.6) is 0 Å². The van der Waals surface area contributed by atoms with E-state index in [1.165, 1.54) is 18.3 Å². The lowest BCUT2D eigenvalue weighted by atomic mass is 10.2. The first-order valence-corrected chi connectivity index (χ1v) is 5.70. The number of nitriles is 1. The largest absolute Gasteiger partial charge is 0.397 e. The van der Waals surface area contributed by atoms with Crippen molar-refractivity contribution < 1.29 is 4.79 Å². The molecule has 5 nitrogen and oxygen atoms in total. The van der Waals surface area contributed by atoms with Gasteiger partial charge in [0.1, 0.15) is 11.8 Å². The molecule has 0 fully saturated rings. The van der Waals surface area contributed by atoms with E-state index in [1.807, 2.05) is 6.07 Å². The SMILES string of the molecule is N#Cc1cc(NC(=O)c2ccc(N)cn2)ccc1Cl. The van der Waals surface area contributed by atoms with E-state index in [4.69, 9.17) is 22.6 Å². The zero-order chi connectivity index (χ0) is 13.8. The molecular weight excluding hydrogens is 264 g/mol. The molecule has 0 atom stereocenters. The van der Waals surface area contributed by atoms with Crippen LogP contribution in [0.2, 0.25) is 5.02 Å². The molecule has 1 heterocycles. The van der Waals surface area contributed by atoms with Gasteiger partial charge >= 0.3 is 0 Å². The molecule has 6 heteroatoms. The first-order chi connectivity index (χ1) is 9.10. The number of hydrogen-bond donors (Lipinski definition) is 2. The van der Waals surface area contributed by atoms with Crippen LogP contribution in [0.25, 0.3) is 0 Å². The highest BCUT2D eigenvalue weighted by Crippen LogP contribution is 2.20. The van der Waals surface area contributed by atoms with Crippen LogP contribution in [-0.4, -0.2) is 10.9 Å². The van der Waals surface area contributed by atoms with Gasteiger partial charge in [0.15, 0.2) is 0 Å². The number of nitrogens with zero attached hydrogens (tertiary/aromatic N) is 2. The van der Waals surface area contributed by atoms with Crippen molar-refractivity contribution in [1.82, 2.24) is 4.98 Å². The molecule has 2 aromatic rings. The van der Waals surface area contributed by atoms with Crippen molar-refractivity contribution in [2.75, 3.05) is 11.1 Å². The van der Waals surface area contributed by atoms with Crippen LogP contribution >= 0.6 is 11.6 Å². The number of halogens is 1. The Morgan fingerprint density at radius 1 is 1.37 bits per heavy atom. The summed E-state index contributed by atoms with van der Waals surface area (Å²) < 4.78 is 0. The lowest BCUT2D eigenvalue weighted by Gasteiger charge is -2.05. The fraction of sp³-hybridized carbons (Fsp3) is 0. The normalized spacial score (nSPS) is 9.68. The van der Waals surface area contributed by atoms with Crippen molar-refractivity contribution in [1.29, 1.82) is 5.26 Å². The molecule has 0 unspecified atom stereocenters. The predicted molar refractivity (Wildman–Crippen MR) is 72.8 cm³/mol. The van der Waals surface area contributed by atoms with Crippen LogP contribution in [0.3, 0.4) is 0 Å². The van der Waals surface area contributed by atoms with Gasteiger partial charge in [-0.1, -0.05) is 11.6 Å². The number of benzene rings is 1. The van der Waals surface area contributed by atoms with E-state index in [9.17, 15) is 4.79 Å². The topological polar surface area (TPSA) is 91.8 Å². The average Bonchev–Trinajstić information content (AvgIpc) is 2.41. The zero-order valence-corrected chi connectivity index (χ0v) is 10.5. The molecule has 0 bridgehead atoms. The Balaban J connectivity index is 2.20. The third-order valence-corrected chi connectivity index (χ3v) is 2.69. The zero-order valence-electron chi connectivity index (χ0n) is 9.72. The second-order valence-corrected chi connectivity index (χ2v) is 4.14. The Bertz CT molecular complexity index is 661. The molecule has 0 aliphatic rings. The third kappa shape index (κ3) is 3.00. The molecule has 1 aromatic carbocycles. The number of rotatable bonds is 2. The summed E-state index contributed by atoms with van der Waals surface area (Å²) in [6.45, 7) is 0. The van der Waals surface area contributed by atoms with E-state index >= 15 is 0 Å². The highest BCUT2D eigenvalue weighted by Gasteiger charge is 2.08. The number of nitrogen functional groups attached to an aromatic ring is 1. The molecule has 3 N–H and O–H groups in total. The van der Waals surface area contributed by atoms with E-state index < -0.39 is 0 Å². The molecule has 1 amide bonds. The number of nitrogens with two attached hydrogens (primary N) is 1. The molecule has 19 heavy (non-hydrogen) atoms. The second kappa shape index (κ2) is 5.38. The number of nitrogens with one attached hydrogen (secondary N) is 1. The smallest absolute Gasteiger partial charge is 0.274 e. The summed E-state index contributed by atoms with van der Waals surface area (Å²) in [7, 11) is 0. The lowest BCUT2D eigenvalue weighted by Crippen LogP contribution is -2.13. The van der Waals surface area contributed by atoms with Gasteiger partial charge in [-0.25, -0.2) is 4.98 Å². The lowest BCUT2D eigenvalue weighted by molar-refractivity contribution is 0.102. The highest BCUT2D eigenvalue weighted by atomic mass is 35.5. The summed E-state index contributed by atoms with van der Waals surface area (Å²) in [4.78, 5) is 15.8. The minimum Gasteiger partial charge on any atom is -0.397 e. The monoisotopic (exact) mass is 272 g/mol. The molecule has 94 valence electrons. The quantitative estimate of drug-likeness (QED) is 0.878. The molecule has 0 radical (unpaired) electrons. The van der Waals surface area contributed by atoms with Crippen LogP contribution < -0.4 is 11.1 Å². The number of carbonyl (C=O) groups is 1. The van der Waals surface area contributed by atoms with Gasteiger partial charge in [-0.3, -0.25) is 4.79 Å². The number of anilines is 2. The van der Waals surface area contributed by atoms with E-state index in [1.54, 1.807) is 18.2 Å². The van der Waals surface area contributed by atoms with Crippen LogP contribution in [-0.2, 0) is 0 Å². The first kappa shape index (κ1) is 12.9. The van der Waals surface area contributed by atoms with Gasteiger partial charge in [-0.15, -0.1) is 0 Å². The fourth-order valence-electron chi connectivity index (χ4n) is 1.42. The van der Waals surface area contributed by atoms with E-state index in [0.29, 0.717) is 22.0 Å². The van der Waals surface area contributed by atoms with E-state index in [-0.39, 0.29) is 11.6 Å². The van der Waals surface area contributed by atoms with Crippen LogP contribution in [0.1, 0.15) is 16.1 Å². The Hall–Kier alpha value is -2.58. The molecule has 1 aromatic heterocycles. The van der Waals surface area contributed by atoms with Gasteiger partial charge in [0.05, 0.1) is 22.5 Å². The van der Waals surface area contributed by atoms with Gasteiger partial charge < -0.3 is 11.1 Å². The maximum atomic E-state index is 11.9. The number of pyridine rings is 1. The van der Waals surface area contributed by atoms with Crippen LogP contribution in [0.4, 0.5) is 11.4 Å². The van der Waals surface area contributed by atoms with Crippen molar-refractivity contribution in [3.63, 3.8) is 0 Å². The number of hydrogen-bond acceptors (Lipinski definition) is 4. The number of carbonyl (C=O) groups excluding carboxylic acids is 1. The molecular formula is C13H9ClN4O. The van der Waals surface area contributed by atoms with Crippen molar-refractivity contribution in [3.8, 4) is 6.07 Å². The first-order valence-electron chi connectivity index (χ1n) is 5.32. The van der Waals surface area contributed by atoms with Crippen LogP contribution in [0.15, 0.2) is 36.5 Å². The third-order valence-electron chi connectivity index (χ3n) is 2.36. The van der Waals surface area contributed by atoms with Crippen molar-refractivity contribution in [2.24, 2.45) is 0 Å². The number of amides is 1. The Labute approximate surface area is 114 Å². The maximum Gasteiger partial charge on any atom is 0.274 e. The van der Waals surface area contributed by atoms with E-state index in [2.05, 4.69) is 10.3 Å². The van der Waals surface area contributed by atoms with Gasteiger partial charge in [0.2, 0.25) is 0 Å². The summed E-state index contributed by atoms with van der Waals surface area (Å²) in [6, 6.07) is 9.70. The molecule has 0 spiro atoms. The van der Waals surface area contributed by atoms with Gasteiger partial charge in [0.25, 0.3) is 5.91 Å².